The largest absolute Gasteiger partial charge is 1.00 e. The minimum Gasteiger partial charge on any atom is -1.00 e. The van der Waals surface area contributed by atoms with Gasteiger partial charge in [-0.05, 0) is 0 Å². The number of halogens is 3. The van der Waals surface area contributed by atoms with E-state index in [-0.39, 0.29) is 40.9 Å². The molecule has 1 aliphatic rings. The summed E-state index contributed by atoms with van der Waals surface area (Å²) in [4.78, 5) is 0. The van der Waals surface area contributed by atoms with Gasteiger partial charge in [-0.25, -0.2) is 0 Å². The molecule has 0 aliphatic heterocycles. The van der Waals surface area contributed by atoms with Crippen LogP contribution in [0.25, 0.3) is 0 Å². The summed E-state index contributed by atoms with van der Waals surface area (Å²) in [7, 11) is -13.7. The van der Waals surface area contributed by atoms with Crippen molar-refractivity contribution in [3.63, 3.8) is 0 Å². The normalized spacial score (nSPS) is 17.0. The van der Waals surface area contributed by atoms with Crippen molar-refractivity contribution in [3.05, 3.63) is 73.5 Å². The molecule has 1 aliphatic carbocycles. The summed E-state index contributed by atoms with van der Waals surface area (Å²) in [6.45, 7) is 72.7. The molecule has 0 aromatic heterocycles. The van der Waals surface area contributed by atoms with Crippen LogP contribution in [-0.4, -0.2) is 56.5 Å². The molecule has 0 nitrogen and oxygen atoms in total. The van der Waals surface area contributed by atoms with Crippen LogP contribution in [0.4, 0.5) is 0 Å². The van der Waals surface area contributed by atoms with Crippen LogP contribution in [0.5, 0.6) is 0 Å². The second-order valence-corrected chi connectivity index (χ2v) is 60.7. The molecule has 62 heavy (non-hydrogen) atoms. The maximum atomic E-state index is 2.93. The van der Waals surface area contributed by atoms with Gasteiger partial charge in [-0.3, -0.25) is 0 Å². The van der Waals surface area contributed by atoms with Crippen LogP contribution in [0.1, 0.15) is 61.1 Å². The van der Waals surface area contributed by atoms with Crippen molar-refractivity contribution < 1.29 is 57.7 Å². The fourth-order valence-electron chi connectivity index (χ4n) is 11.5. The van der Waals surface area contributed by atoms with E-state index >= 15 is 0 Å². The topological polar surface area (TPSA) is 0 Å². The van der Waals surface area contributed by atoms with E-state index in [9.17, 15) is 0 Å². The molecule has 0 spiro atoms. The second-order valence-electron chi connectivity index (χ2n) is 25.4. The van der Waals surface area contributed by atoms with Gasteiger partial charge >= 0.3 is 388 Å². The predicted octanol–water partition coefficient (Wildman–Crippen LogP) is 1.22. The Hall–Kier alpha value is 0.242. The number of rotatable bonds is 10. The Morgan fingerprint density at radius 1 is 0.339 bits per heavy atom. The first-order valence-corrected chi connectivity index (χ1v) is 46.5. The molecule has 11 heteroatoms. The maximum absolute atomic E-state index is 3.13. The monoisotopic (exact) mass is 1050 g/mol. The third-order valence-electron chi connectivity index (χ3n) is 14.7. The summed E-state index contributed by atoms with van der Waals surface area (Å²) in [6.07, 6.45) is 0. The van der Waals surface area contributed by atoms with Crippen molar-refractivity contribution in [2.24, 2.45) is 0 Å². The van der Waals surface area contributed by atoms with Crippen molar-refractivity contribution in [1.29, 1.82) is 0 Å². The van der Waals surface area contributed by atoms with E-state index in [2.05, 4.69) is 226 Å². The van der Waals surface area contributed by atoms with E-state index in [1.807, 2.05) is 0 Å². The van der Waals surface area contributed by atoms with Crippen molar-refractivity contribution in [2.45, 2.75) is 191 Å². The molecule has 3 aromatic carbocycles. The summed E-state index contributed by atoms with van der Waals surface area (Å²) < 4.78 is -0.0915. The van der Waals surface area contributed by atoms with Crippen molar-refractivity contribution in [3.8, 4) is 0 Å². The average Bonchev–Trinajstić information content (AvgIpc) is 3.17. The SMILES string of the molecule is CC1=C(C)[C](C)([Ti+3])C([Si](c2cc([Si](C)(C)C)c([Si](C)(C)C)c(C)c2C)(c2cc([Si](C)(C)C)c([Si](C)(C)C)c(C)c2C)c2cc([Si](C)(C)C)c([Si](C)(C)C)c(C)c2C)=C1C.[Cl-].[Cl-].[Cl-]. The first kappa shape index (κ1) is 60.3. The molecule has 0 radical (unpaired) electrons. The van der Waals surface area contributed by atoms with Gasteiger partial charge in [-0.2, -0.15) is 0 Å². The molecule has 0 amide bonds. The van der Waals surface area contributed by atoms with Gasteiger partial charge in [0.15, 0.2) is 0 Å². The first-order valence-electron chi connectivity index (χ1n) is 22.7. The van der Waals surface area contributed by atoms with Crippen LogP contribution < -0.4 is 83.9 Å². The Bertz CT molecular complexity index is 2080. The molecule has 1 atom stereocenters. The third kappa shape index (κ3) is 10.2. The minimum absolute atomic E-state index is 0. The van der Waals surface area contributed by atoms with E-state index in [1.54, 1.807) is 96.4 Å². The second kappa shape index (κ2) is 19.0. The summed E-state index contributed by atoms with van der Waals surface area (Å²) >= 11 is 2.62. The molecule has 1 unspecified atom stereocenters. The van der Waals surface area contributed by atoms with E-state index in [1.165, 1.54) is 5.57 Å². The third-order valence-corrected chi connectivity index (χ3v) is 34.9. The number of allylic oxidation sites excluding steroid dienone is 4. The summed E-state index contributed by atoms with van der Waals surface area (Å²) in [5, 5.41) is 17.3. The molecule has 0 saturated carbocycles. The number of hydrogen-bond acceptors (Lipinski definition) is 0. The Kier molecular flexibility index (Phi) is 18.4. The van der Waals surface area contributed by atoms with Crippen LogP contribution in [-0.2, 0) is 20.4 Å². The zero-order valence-electron chi connectivity index (χ0n) is 44.9. The van der Waals surface area contributed by atoms with Crippen LogP contribution in [0.2, 0.25) is 122 Å². The average molecular weight is 1050 g/mol. The summed E-state index contributed by atoms with van der Waals surface area (Å²) in [5.41, 5.74) is 14.2. The van der Waals surface area contributed by atoms with E-state index in [0.29, 0.717) is 0 Å². The number of benzene rings is 3. The molecular formula is C51H87Cl3Si7Ti. The predicted molar refractivity (Wildman–Crippen MR) is 290 cm³/mol. The van der Waals surface area contributed by atoms with Gasteiger partial charge in [0, 0.05) is 0 Å². The van der Waals surface area contributed by atoms with E-state index in [4.69, 9.17) is 0 Å². The van der Waals surface area contributed by atoms with Crippen molar-refractivity contribution >= 4 is 103 Å². The number of hydrogen-bond donors (Lipinski definition) is 0. The Morgan fingerprint density at radius 2 is 0.565 bits per heavy atom. The Morgan fingerprint density at radius 3 is 0.726 bits per heavy atom. The molecule has 0 N–H and O–H groups in total. The fraction of sp³-hybridized carbons (Fsp3) is 0.569. The summed E-state index contributed by atoms with van der Waals surface area (Å²) in [5.74, 6) is 0. The zero-order chi connectivity index (χ0) is 46.1. The Balaban J connectivity index is 0.00000641. The van der Waals surface area contributed by atoms with Crippen molar-refractivity contribution in [2.75, 3.05) is 0 Å². The molecule has 3 aromatic rings. The molecular weight excluding hydrogens is 963 g/mol. The van der Waals surface area contributed by atoms with Gasteiger partial charge in [0.25, 0.3) is 0 Å². The molecule has 0 saturated heterocycles. The fourth-order valence-corrected chi connectivity index (χ4v) is 38.0. The zero-order valence-corrected chi connectivity index (χ0v) is 55.7. The van der Waals surface area contributed by atoms with Gasteiger partial charge < -0.3 is 37.2 Å². The molecule has 0 fully saturated rings. The van der Waals surface area contributed by atoms with Gasteiger partial charge in [0.2, 0.25) is 0 Å². The van der Waals surface area contributed by atoms with Gasteiger partial charge in [0.05, 0.1) is 0 Å². The van der Waals surface area contributed by atoms with Gasteiger partial charge in [0.1, 0.15) is 0 Å². The first-order chi connectivity index (χ1) is 26.1. The molecule has 0 heterocycles. The molecule has 4 rings (SSSR count). The van der Waals surface area contributed by atoms with E-state index in [0.717, 1.165) is 0 Å². The molecule has 344 valence electrons. The van der Waals surface area contributed by atoms with Crippen LogP contribution in [0.15, 0.2) is 40.1 Å². The molecule has 0 bridgehead atoms. The smallest absolute Gasteiger partial charge is 1.00 e. The standard InChI is InChI=1S/C51H87Si7.3ClH.Ti/c1-32-33(2)38(7)48(37(32)6)58(42-29-45(52(11,12)13)49(55(20,21)22)39(8)34(42)3,43-30-46(53(14,15)16)50(56(23,24)25)40(9)35(43)4)44-31-47(54(17,18)19)51(57(26,27)28)41(10)36(44)5;;;;/h29-31H,1-28H3;3*1H;/q;;;;+3/p-3. The van der Waals surface area contributed by atoms with Gasteiger partial charge in [-0.15, -0.1) is 0 Å². The summed E-state index contributed by atoms with van der Waals surface area (Å²) in [6, 6.07) is 8.79. The van der Waals surface area contributed by atoms with Crippen LogP contribution >= 0.6 is 0 Å². The van der Waals surface area contributed by atoms with Gasteiger partial charge in [-0.1, -0.05) is 0 Å². The van der Waals surface area contributed by atoms with Crippen molar-refractivity contribution in [1.82, 2.24) is 0 Å². The Labute approximate surface area is 421 Å². The maximum Gasteiger partial charge on any atom is -1.00 e. The quantitative estimate of drug-likeness (QED) is 0.212. The van der Waals surface area contributed by atoms with Crippen LogP contribution in [0, 0.1) is 41.5 Å². The van der Waals surface area contributed by atoms with E-state index < -0.39 is 56.5 Å². The minimum atomic E-state index is -3.13. The van der Waals surface area contributed by atoms with Crippen LogP contribution in [0.3, 0.4) is 0 Å².